The number of fused-ring (bicyclic) bond motifs is 1. The Labute approximate surface area is 111 Å². The van der Waals surface area contributed by atoms with Crippen LogP contribution in [0.3, 0.4) is 0 Å². The second-order valence-corrected chi connectivity index (χ2v) is 4.31. The summed E-state index contributed by atoms with van der Waals surface area (Å²) in [7, 11) is 1.60. The number of carboxylic acids is 1. The molecule has 1 atom stereocenters. The SMILES string of the molecule is COCc1ccc(C(N)CC(=O)O)c2c1OCCO2. The topological polar surface area (TPSA) is 91.0 Å². The number of benzene rings is 1. The summed E-state index contributed by atoms with van der Waals surface area (Å²) < 4.78 is 16.3. The minimum atomic E-state index is -0.945. The number of carboxylic acid groups (broad SMARTS) is 1. The van der Waals surface area contributed by atoms with Crippen LogP contribution >= 0.6 is 0 Å². The molecule has 0 fully saturated rings. The van der Waals surface area contributed by atoms with Crippen molar-refractivity contribution in [2.24, 2.45) is 5.73 Å². The fourth-order valence-corrected chi connectivity index (χ4v) is 2.07. The van der Waals surface area contributed by atoms with Crippen molar-refractivity contribution in [3.8, 4) is 11.5 Å². The lowest BCUT2D eigenvalue weighted by atomic mass is 10.00. The van der Waals surface area contributed by atoms with Gasteiger partial charge < -0.3 is 25.1 Å². The Kier molecular flexibility index (Phi) is 4.24. The highest BCUT2D eigenvalue weighted by molar-refractivity contribution is 5.68. The number of carbonyl (C=O) groups is 1. The smallest absolute Gasteiger partial charge is 0.305 e. The van der Waals surface area contributed by atoms with E-state index in [1.807, 2.05) is 6.07 Å². The van der Waals surface area contributed by atoms with Crippen molar-refractivity contribution in [2.75, 3.05) is 20.3 Å². The van der Waals surface area contributed by atoms with E-state index < -0.39 is 12.0 Å². The first-order chi connectivity index (χ1) is 9.13. The molecular weight excluding hydrogens is 250 g/mol. The van der Waals surface area contributed by atoms with Crippen LogP contribution in [0.25, 0.3) is 0 Å². The summed E-state index contributed by atoms with van der Waals surface area (Å²) >= 11 is 0. The number of rotatable bonds is 5. The molecule has 6 heteroatoms. The first-order valence-corrected chi connectivity index (χ1v) is 6.01. The average molecular weight is 267 g/mol. The van der Waals surface area contributed by atoms with Crippen molar-refractivity contribution in [1.29, 1.82) is 0 Å². The maximum absolute atomic E-state index is 10.7. The molecule has 6 nitrogen and oxygen atoms in total. The van der Waals surface area contributed by atoms with Crippen LogP contribution in [0.5, 0.6) is 11.5 Å². The summed E-state index contributed by atoms with van der Waals surface area (Å²) in [6.45, 7) is 1.29. The van der Waals surface area contributed by atoms with Crippen LogP contribution in [0.2, 0.25) is 0 Å². The van der Waals surface area contributed by atoms with Gasteiger partial charge in [-0.05, 0) is 0 Å². The monoisotopic (exact) mass is 267 g/mol. The highest BCUT2D eigenvalue weighted by Crippen LogP contribution is 2.40. The second kappa shape index (κ2) is 5.90. The quantitative estimate of drug-likeness (QED) is 0.829. The minimum Gasteiger partial charge on any atom is -0.486 e. The number of aliphatic carboxylic acids is 1. The van der Waals surface area contributed by atoms with Gasteiger partial charge in [0.2, 0.25) is 0 Å². The molecule has 0 aliphatic carbocycles. The van der Waals surface area contributed by atoms with E-state index in [1.54, 1.807) is 13.2 Å². The van der Waals surface area contributed by atoms with Crippen LogP contribution in [0, 0.1) is 0 Å². The molecule has 1 unspecified atom stereocenters. The Hall–Kier alpha value is -1.79. The van der Waals surface area contributed by atoms with Crippen LogP contribution in [-0.2, 0) is 16.1 Å². The molecule has 19 heavy (non-hydrogen) atoms. The van der Waals surface area contributed by atoms with Crippen molar-refractivity contribution in [2.45, 2.75) is 19.1 Å². The molecule has 0 amide bonds. The van der Waals surface area contributed by atoms with Gasteiger partial charge in [0, 0.05) is 24.3 Å². The van der Waals surface area contributed by atoms with Gasteiger partial charge >= 0.3 is 5.97 Å². The molecule has 1 heterocycles. The molecule has 1 aromatic rings. The summed E-state index contributed by atoms with van der Waals surface area (Å²) in [4.78, 5) is 10.7. The summed E-state index contributed by atoms with van der Waals surface area (Å²) in [6.07, 6.45) is -0.153. The molecule has 104 valence electrons. The molecule has 0 saturated heterocycles. The Morgan fingerprint density at radius 3 is 2.74 bits per heavy atom. The largest absolute Gasteiger partial charge is 0.486 e. The summed E-state index contributed by atoms with van der Waals surface area (Å²) in [5.41, 5.74) is 7.41. The lowest BCUT2D eigenvalue weighted by molar-refractivity contribution is -0.137. The molecule has 2 rings (SSSR count). The van der Waals surface area contributed by atoms with Gasteiger partial charge in [-0.3, -0.25) is 4.79 Å². The van der Waals surface area contributed by atoms with Crippen molar-refractivity contribution in [1.82, 2.24) is 0 Å². The van der Waals surface area contributed by atoms with Crippen molar-refractivity contribution < 1.29 is 24.1 Å². The van der Waals surface area contributed by atoms with Crippen molar-refractivity contribution >= 4 is 5.97 Å². The Balaban J connectivity index is 2.37. The normalized spacial score (nSPS) is 15.1. The fraction of sp³-hybridized carbons (Fsp3) is 0.462. The Morgan fingerprint density at radius 2 is 2.11 bits per heavy atom. The molecular formula is C13H17NO5. The maximum atomic E-state index is 10.7. The van der Waals surface area contributed by atoms with E-state index in [0.29, 0.717) is 36.9 Å². The molecule has 0 saturated carbocycles. The molecule has 1 aromatic carbocycles. The van der Waals surface area contributed by atoms with Gasteiger partial charge in [-0.2, -0.15) is 0 Å². The molecule has 0 aromatic heterocycles. The van der Waals surface area contributed by atoms with Crippen LogP contribution in [0.4, 0.5) is 0 Å². The van der Waals surface area contributed by atoms with Gasteiger partial charge in [0.1, 0.15) is 13.2 Å². The Bertz CT molecular complexity index is 474. The van der Waals surface area contributed by atoms with E-state index >= 15 is 0 Å². The summed E-state index contributed by atoms with van der Waals surface area (Å²) in [5, 5.41) is 8.82. The first kappa shape index (κ1) is 13.6. The number of nitrogens with two attached hydrogens (primary N) is 1. The first-order valence-electron chi connectivity index (χ1n) is 6.01. The predicted octanol–water partition coefficient (Wildman–Crippen LogP) is 1.08. The van der Waals surface area contributed by atoms with Crippen LogP contribution in [0.15, 0.2) is 12.1 Å². The van der Waals surface area contributed by atoms with E-state index in [4.69, 9.17) is 25.1 Å². The summed E-state index contributed by atoms with van der Waals surface area (Å²) in [5.74, 6) is 0.194. The molecule has 1 aliphatic rings. The van der Waals surface area contributed by atoms with Crippen LogP contribution in [0.1, 0.15) is 23.6 Å². The van der Waals surface area contributed by atoms with Gasteiger partial charge in [-0.15, -0.1) is 0 Å². The van der Waals surface area contributed by atoms with E-state index in [9.17, 15) is 4.79 Å². The number of methoxy groups -OCH3 is 1. The lowest BCUT2D eigenvalue weighted by Crippen LogP contribution is -2.22. The second-order valence-electron chi connectivity index (χ2n) is 4.31. The molecule has 1 aliphatic heterocycles. The molecule has 0 spiro atoms. The highest BCUT2D eigenvalue weighted by atomic mass is 16.6. The summed E-state index contributed by atoms with van der Waals surface area (Å²) in [6, 6.07) is 2.98. The van der Waals surface area contributed by atoms with E-state index in [-0.39, 0.29) is 6.42 Å². The van der Waals surface area contributed by atoms with Gasteiger partial charge in [-0.25, -0.2) is 0 Å². The third-order valence-corrected chi connectivity index (χ3v) is 2.89. The lowest BCUT2D eigenvalue weighted by Gasteiger charge is -2.25. The highest BCUT2D eigenvalue weighted by Gasteiger charge is 2.24. The van der Waals surface area contributed by atoms with Gasteiger partial charge in [0.15, 0.2) is 11.5 Å². The van der Waals surface area contributed by atoms with Gasteiger partial charge in [0.05, 0.1) is 13.0 Å². The third-order valence-electron chi connectivity index (χ3n) is 2.89. The fourth-order valence-electron chi connectivity index (χ4n) is 2.07. The standard InChI is InChI=1S/C13H17NO5/c1-17-7-8-2-3-9(10(14)6-11(15)16)13-12(8)18-4-5-19-13/h2-3,10H,4-7,14H2,1H3,(H,15,16). The number of hydrogen-bond donors (Lipinski definition) is 2. The zero-order chi connectivity index (χ0) is 13.8. The van der Waals surface area contributed by atoms with E-state index in [2.05, 4.69) is 0 Å². The molecule has 3 N–H and O–H groups in total. The van der Waals surface area contributed by atoms with Crippen LogP contribution in [-0.4, -0.2) is 31.4 Å². The average Bonchev–Trinajstić information content (AvgIpc) is 2.38. The van der Waals surface area contributed by atoms with E-state index in [1.165, 1.54) is 0 Å². The zero-order valence-electron chi connectivity index (χ0n) is 10.7. The van der Waals surface area contributed by atoms with Crippen molar-refractivity contribution in [3.05, 3.63) is 23.3 Å². The number of hydrogen-bond acceptors (Lipinski definition) is 5. The van der Waals surface area contributed by atoms with Gasteiger partial charge in [0.25, 0.3) is 0 Å². The number of ether oxygens (including phenoxy) is 3. The van der Waals surface area contributed by atoms with Crippen molar-refractivity contribution in [3.63, 3.8) is 0 Å². The van der Waals surface area contributed by atoms with Crippen LogP contribution < -0.4 is 15.2 Å². The Morgan fingerprint density at radius 1 is 1.42 bits per heavy atom. The third kappa shape index (κ3) is 2.97. The van der Waals surface area contributed by atoms with Gasteiger partial charge in [-0.1, -0.05) is 12.1 Å². The maximum Gasteiger partial charge on any atom is 0.305 e. The zero-order valence-corrected chi connectivity index (χ0v) is 10.7. The molecule has 0 radical (unpaired) electrons. The minimum absolute atomic E-state index is 0.153. The van der Waals surface area contributed by atoms with E-state index in [0.717, 1.165) is 5.56 Å². The molecule has 0 bridgehead atoms. The predicted molar refractivity (Wildman–Crippen MR) is 67.3 cm³/mol.